The molecule has 18 aromatic rings. The minimum absolute atomic E-state index is 0. The first kappa shape index (κ1) is 103. The molecule has 11 aromatic carbocycles. The molecule has 17 nitrogen and oxygen atoms in total. The SMILES string of the molecule is C(=C1[N-]c2ccccc2N1c1ccccc1)c1cccc(-c2cccc(C=C3[N-]c4ccccc4N3c3ccccc3)n2)n1.CC(=O)C=C(C)O.CC(C)(C)c1cc(-c2cc(C(C)(C)C)cc(-c3ccccc3O)n2)nc(-c2ccccc2O)c1.CC1(C)c2ccccc2-c2c[c-]c(-c3nccc4ccccc34)cc21.Oc1ccccc1-c1cccc(-c2cccc(-c3ccccc3O)n2)n1.[Ir].[Pd].[Pd].[Pt+2]. The Kier molecular flexibility index (Phi) is 33.4. The molecule has 9 heterocycles. The molecule has 707 valence electrons. The molecule has 1 aliphatic carbocycles. The number of phenolic OH excluding ortho intramolecular Hbond substituents is 4. The number of pyridine rings is 7. The second-order valence-electron chi connectivity index (χ2n) is 35.7. The molecule has 0 unspecified atom stereocenters. The number of para-hydroxylation sites is 10. The van der Waals surface area contributed by atoms with E-state index in [9.17, 15) is 25.2 Å². The number of phenols is 4. The maximum atomic E-state index is 10.5. The van der Waals surface area contributed by atoms with E-state index in [-0.39, 0.29) is 133 Å². The van der Waals surface area contributed by atoms with Crippen LogP contribution in [-0.4, -0.2) is 66.2 Å². The van der Waals surface area contributed by atoms with Crippen molar-refractivity contribution < 1.29 is 112 Å². The summed E-state index contributed by atoms with van der Waals surface area (Å²) in [7, 11) is 0. The van der Waals surface area contributed by atoms with Gasteiger partial charge in [0.15, 0.2) is 5.78 Å². The van der Waals surface area contributed by atoms with Crippen molar-refractivity contribution in [3.63, 3.8) is 0 Å². The van der Waals surface area contributed by atoms with Crippen molar-refractivity contribution >= 4 is 62.8 Å². The van der Waals surface area contributed by atoms with E-state index in [0.29, 0.717) is 56.4 Å². The van der Waals surface area contributed by atoms with Crippen molar-refractivity contribution in [1.82, 2.24) is 34.9 Å². The minimum Gasteiger partial charge on any atom is -0.512 e. The van der Waals surface area contributed by atoms with Crippen LogP contribution < -0.4 is 9.80 Å². The summed E-state index contributed by atoms with van der Waals surface area (Å²) in [6.07, 6.45) is 7.10. The number of fused-ring (bicyclic) bond motifs is 6. The molecular weight excluding hydrogens is 2280 g/mol. The number of hydrogen-bond donors (Lipinski definition) is 5. The molecule has 3 aliphatic rings. The van der Waals surface area contributed by atoms with Crippen LogP contribution in [0.2, 0.25) is 0 Å². The predicted molar refractivity (Wildman–Crippen MR) is 551 cm³/mol. The summed E-state index contributed by atoms with van der Waals surface area (Å²) in [6, 6.07) is 124. The number of aliphatic hydroxyl groups excluding tert-OH is 1. The third-order valence-electron chi connectivity index (χ3n) is 23.5. The zero-order chi connectivity index (χ0) is 94.8. The molecule has 1 radical (unpaired) electrons. The van der Waals surface area contributed by atoms with Crippen LogP contribution in [0, 0.1) is 6.07 Å². The Balaban J connectivity index is 0.000000155. The van der Waals surface area contributed by atoms with Crippen molar-refractivity contribution in [1.29, 1.82) is 0 Å². The Labute approximate surface area is 872 Å². The predicted octanol–water partition coefficient (Wildman–Crippen LogP) is 29.9. The van der Waals surface area contributed by atoms with Crippen LogP contribution in [0.5, 0.6) is 23.0 Å². The maximum absolute atomic E-state index is 10.5. The minimum atomic E-state index is -0.126. The summed E-state index contributed by atoms with van der Waals surface area (Å²) in [6.45, 7) is 20.4. The second-order valence-corrected chi connectivity index (χ2v) is 35.7. The molecule has 0 atom stereocenters. The summed E-state index contributed by atoms with van der Waals surface area (Å²) in [5.74, 6) is 2.33. The second kappa shape index (κ2) is 45.4. The van der Waals surface area contributed by atoms with E-state index in [0.717, 1.165) is 102 Å². The van der Waals surface area contributed by atoms with Crippen LogP contribution in [0.1, 0.15) is 103 Å². The van der Waals surface area contributed by atoms with E-state index in [1.165, 1.54) is 52.9 Å². The Hall–Kier alpha value is -14.5. The Bertz CT molecular complexity index is 7250. The van der Waals surface area contributed by atoms with E-state index in [1.54, 1.807) is 48.5 Å². The quantitative estimate of drug-likeness (QED) is 0.0312. The number of nitrogens with zero attached hydrogens (tertiary/aromatic N) is 11. The van der Waals surface area contributed by atoms with Crippen LogP contribution in [0.3, 0.4) is 0 Å². The van der Waals surface area contributed by atoms with Gasteiger partial charge >= 0.3 is 21.1 Å². The van der Waals surface area contributed by atoms with Gasteiger partial charge in [-0.25, -0.2) is 29.9 Å². The van der Waals surface area contributed by atoms with Gasteiger partial charge in [-0.15, -0.1) is 29.3 Å². The monoisotopic (exact) mass is 2380 g/mol. The van der Waals surface area contributed by atoms with Crippen molar-refractivity contribution in [2.75, 3.05) is 9.80 Å². The zero-order valence-corrected chi connectivity index (χ0v) is 86.1. The standard InChI is InChI=1S/C38H26N6.C30H32N2O2.C24H18N.C22H16N2O2.C5H8O2.Ir.2Pd.Pt/c1-3-15-29(16-4-1)43-35-23-9-7-19-33(35)41-37(43)25-27-13-11-21-31(39-27)32-22-12-14-28(40-32)26-38-42-34-20-8-10-24-36(34)44(38)30-17-5-2-6-18-30;1-29(2,3)19-15-23(21-11-7-9-13-27(21)33)31-25(17-19)26-18-20(30(4,5)6)16-24(32-26)22-12-8-10-14-28(22)34;1-24(2)21-10-6-5-9-19(21)20-12-11-17(15-22(20)24)23-18-8-4-3-7-16(18)13-14-25-23;25-21-13-3-1-7-15(21)17-9-5-11-19(23-17)20-12-6-10-18(24-20)16-8-2-4-14-22(16)26;1-4(6)3-5(2)7;;;;/h1-26H;7-18,33-34H,1-6H3;3-10,12-15H,1-2H3;1-14,25-26H;3,6H,1-2H3;;;;/q-2;;-1;;;;;;+2. The summed E-state index contributed by atoms with van der Waals surface area (Å²) in [5.41, 5.74) is 27.0. The first-order valence-corrected chi connectivity index (χ1v) is 45.0. The Morgan fingerprint density at radius 2 is 0.729 bits per heavy atom. The molecule has 0 saturated carbocycles. The van der Waals surface area contributed by atoms with Gasteiger partial charge in [-0.3, -0.25) is 4.79 Å². The van der Waals surface area contributed by atoms with Crippen LogP contribution in [-0.2, 0) is 103 Å². The number of benzene rings is 11. The topological polar surface area (TPSA) is 243 Å². The third-order valence-corrected chi connectivity index (χ3v) is 23.5. The van der Waals surface area contributed by atoms with Crippen molar-refractivity contribution in [2.24, 2.45) is 0 Å². The molecule has 140 heavy (non-hydrogen) atoms. The number of hydrogen-bond acceptors (Lipinski definition) is 15. The van der Waals surface area contributed by atoms with Gasteiger partial charge in [0.05, 0.1) is 74.1 Å². The zero-order valence-electron chi connectivity index (χ0n) is 78.4. The van der Waals surface area contributed by atoms with Gasteiger partial charge < -0.3 is 51.0 Å². The molecule has 0 fully saturated rings. The summed E-state index contributed by atoms with van der Waals surface area (Å²) >= 11 is 0. The number of aromatic hydroxyl groups is 4. The average molecular weight is 2380 g/mol. The van der Waals surface area contributed by atoms with Crippen molar-refractivity contribution in [3.8, 4) is 125 Å². The normalized spacial score (nSPS) is 12.8. The van der Waals surface area contributed by atoms with Gasteiger partial charge in [-0.2, -0.15) is 0 Å². The van der Waals surface area contributed by atoms with E-state index >= 15 is 0 Å². The number of allylic oxidation sites excluding steroid dienone is 2. The fourth-order valence-corrected chi connectivity index (χ4v) is 16.7. The van der Waals surface area contributed by atoms with E-state index in [2.05, 4.69) is 201 Å². The fraction of sp³-hybridized carbons (Fsp3) is 0.109. The average Bonchev–Trinajstić information content (AvgIpc) is 1.57. The first-order chi connectivity index (χ1) is 65.7. The number of aliphatic hydroxyl groups is 1. The van der Waals surface area contributed by atoms with Gasteiger partial charge in [0, 0.05) is 95.5 Å². The first-order valence-electron chi connectivity index (χ1n) is 45.0. The van der Waals surface area contributed by atoms with Crippen LogP contribution >= 0.6 is 0 Å². The number of anilines is 4. The maximum Gasteiger partial charge on any atom is 2.00 e. The number of carbonyl (C=O) groups is 1. The summed E-state index contributed by atoms with van der Waals surface area (Å²) in [4.78, 5) is 48.2. The van der Waals surface area contributed by atoms with Crippen LogP contribution in [0.25, 0.3) is 135 Å². The molecule has 2 aliphatic heterocycles. The van der Waals surface area contributed by atoms with Crippen molar-refractivity contribution in [2.45, 2.75) is 85.5 Å². The van der Waals surface area contributed by atoms with Gasteiger partial charge in [-0.1, -0.05) is 309 Å². The third kappa shape index (κ3) is 23.5. The van der Waals surface area contributed by atoms with E-state index in [4.69, 9.17) is 35.7 Å². The largest absolute Gasteiger partial charge is 2.00 e. The number of carbonyl (C=O) groups excluding carboxylic acids is 1. The summed E-state index contributed by atoms with van der Waals surface area (Å²) in [5, 5.41) is 61.8. The molecule has 0 bridgehead atoms. The fourth-order valence-electron chi connectivity index (χ4n) is 16.7. The molecule has 5 N–H and O–H groups in total. The molecule has 7 aromatic heterocycles. The molecule has 0 spiro atoms. The summed E-state index contributed by atoms with van der Waals surface area (Å²) < 4.78 is 0. The Morgan fingerprint density at radius 3 is 1.15 bits per heavy atom. The molecule has 21 rings (SSSR count). The van der Waals surface area contributed by atoms with Gasteiger partial charge in [0.2, 0.25) is 0 Å². The van der Waals surface area contributed by atoms with Crippen LogP contribution in [0.15, 0.2) is 400 Å². The van der Waals surface area contributed by atoms with Gasteiger partial charge in [-0.05, 0) is 237 Å². The smallest absolute Gasteiger partial charge is 0.512 e. The van der Waals surface area contributed by atoms with Crippen LogP contribution in [0.4, 0.5) is 34.1 Å². The number of ketones is 1. The van der Waals surface area contributed by atoms with E-state index in [1.807, 2.05) is 225 Å². The van der Waals surface area contributed by atoms with Gasteiger partial charge in [0.1, 0.15) is 23.0 Å². The molecule has 0 saturated heterocycles. The number of rotatable bonds is 13. The van der Waals surface area contributed by atoms with Gasteiger partial charge in [0.25, 0.3) is 0 Å². The van der Waals surface area contributed by atoms with E-state index < -0.39 is 0 Å². The number of aromatic nitrogens is 7. The Morgan fingerprint density at radius 1 is 0.371 bits per heavy atom. The molecular formula is C119H100IrN11O6Pd2Pt-. The molecule has 21 heteroatoms. The van der Waals surface area contributed by atoms with Crippen molar-refractivity contribution in [3.05, 3.63) is 450 Å². The molecule has 0 amide bonds.